The smallest absolute Gasteiger partial charge is 0.267 e. The van der Waals surface area contributed by atoms with Crippen molar-refractivity contribution in [2.24, 2.45) is 0 Å². The Bertz CT molecular complexity index is 1380. The van der Waals surface area contributed by atoms with Crippen molar-refractivity contribution in [2.75, 3.05) is 24.3 Å². The molecule has 0 bridgehead atoms. The Balaban J connectivity index is 1.67. The number of hydrogen-bond acceptors (Lipinski definition) is 8. The molecule has 0 aliphatic rings. The summed E-state index contributed by atoms with van der Waals surface area (Å²) in [7, 11) is -1.21. The van der Waals surface area contributed by atoms with Gasteiger partial charge >= 0.3 is 0 Å². The van der Waals surface area contributed by atoms with Crippen molar-refractivity contribution in [1.82, 2.24) is 10.3 Å². The van der Waals surface area contributed by atoms with Crippen molar-refractivity contribution >= 4 is 45.1 Å². The molecule has 0 radical (unpaired) electrons. The van der Waals surface area contributed by atoms with Crippen molar-refractivity contribution in [3.05, 3.63) is 83.2 Å². The van der Waals surface area contributed by atoms with Crippen LogP contribution in [-0.4, -0.2) is 39.7 Å². The molecule has 3 aromatic rings. The lowest BCUT2D eigenvalue weighted by atomic mass is 10.2. The Morgan fingerprint density at radius 1 is 1.05 bits per heavy atom. The van der Waals surface area contributed by atoms with Gasteiger partial charge in [-0.1, -0.05) is 23.7 Å². The molecule has 0 atom stereocenters. The van der Waals surface area contributed by atoms with Gasteiger partial charge in [-0.05, 0) is 53.6 Å². The number of ether oxygens (including phenoxy) is 2. The molecule has 3 rings (SSSR count). The Kier molecular flexibility index (Phi) is 9.47. The van der Waals surface area contributed by atoms with Crippen molar-refractivity contribution in [2.45, 2.75) is 17.9 Å². The van der Waals surface area contributed by atoms with Crippen LogP contribution in [0.1, 0.15) is 12.0 Å². The molecule has 10 nitrogen and oxygen atoms in total. The van der Waals surface area contributed by atoms with E-state index in [0.717, 1.165) is 17.5 Å². The van der Waals surface area contributed by atoms with Crippen molar-refractivity contribution in [3.63, 3.8) is 0 Å². The lowest BCUT2D eigenvalue weighted by Gasteiger charge is -2.13. The maximum absolute atomic E-state index is 13.0. The van der Waals surface area contributed by atoms with Gasteiger partial charge in [0.15, 0.2) is 4.90 Å². The number of carbonyl (C=O) groups excluding carboxylic acids is 1. The zero-order valence-electron chi connectivity index (χ0n) is 20.1. The number of methoxy groups -OCH3 is 2. The average molecular weight is 544 g/mol. The van der Waals surface area contributed by atoms with Crippen molar-refractivity contribution < 1.29 is 22.7 Å². The highest BCUT2D eigenvalue weighted by Gasteiger charge is 2.22. The lowest BCUT2D eigenvalue weighted by Crippen LogP contribution is -2.17. The van der Waals surface area contributed by atoms with Crippen molar-refractivity contribution in [1.29, 1.82) is 5.41 Å². The standard InChI is InChI=1S/C25H26ClN5O5S/c1-35-22-9-3-17(4-10-22)14-28-15-18(13-27)11-24(32)30-21-12-23(25(36-2)29-16-21)37(33,34)31-20-7-5-19(26)6-8-20/h3-10,12-13,15-16,27-28,31H,11,14H2,1-2H3,(H,30,32)/b18-15-,27-13?. The molecule has 4 N–H and O–H groups in total. The fourth-order valence-corrected chi connectivity index (χ4v) is 4.48. The van der Waals surface area contributed by atoms with Crippen LogP contribution < -0.4 is 24.8 Å². The van der Waals surface area contributed by atoms with E-state index in [1.807, 2.05) is 24.3 Å². The molecular weight excluding hydrogens is 518 g/mol. The van der Waals surface area contributed by atoms with Crippen LogP contribution in [0.3, 0.4) is 0 Å². The highest BCUT2D eigenvalue weighted by molar-refractivity contribution is 7.92. The maximum Gasteiger partial charge on any atom is 0.267 e. The number of halogens is 1. The number of rotatable bonds is 12. The van der Waals surface area contributed by atoms with Crippen LogP contribution in [0.4, 0.5) is 11.4 Å². The van der Waals surface area contributed by atoms with E-state index in [-0.39, 0.29) is 22.9 Å². The normalized spacial score (nSPS) is 11.4. The lowest BCUT2D eigenvalue weighted by molar-refractivity contribution is -0.115. The predicted octanol–water partition coefficient (Wildman–Crippen LogP) is 4.20. The summed E-state index contributed by atoms with van der Waals surface area (Å²) in [6.45, 7) is 0.493. The van der Waals surface area contributed by atoms with Gasteiger partial charge in [0.2, 0.25) is 11.8 Å². The van der Waals surface area contributed by atoms with Gasteiger partial charge < -0.3 is 25.5 Å². The molecule has 2 aromatic carbocycles. The van der Waals surface area contributed by atoms with Crippen molar-refractivity contribution in [3.8, 4) is 11.6 Å². The number of aromatic nitrogens is 1. The molecule has 12 heteroatoms. The van der Waals surface area contributed by atoms with Gasteiger partial charge in [0, 0.05) is 29.7 Å². The SMILES string of the molecule is COc1ccc(CN/C=C(\C=N)CC(=O)Nc2cnc(OC)c(S(=O)(=O)Nc3ccc(Cl)cc3)c2)cc1. The van der Waals surface area contributed by atoms with Gasteiger partial charge in [-0.2, -0.15) is 0 Å². The van der Waals surface area contributed by atoms with Crippen LogP contribution in [0.25, 0.3) is 0 Å². The molecule has 0 fully saturated rings. The van der Waals surface area contributed by atoms with Crippen LogP contribution in [0.2, 0.25) is 5.02 Å². The minimum atomic E-state index is -4.10. The Hall–Kier alpha value is -4.09. The third kappa shape index (κ3) is 7.95. The molecule has 0 saturated heterocycles. The second-order valence-electron chi connectivity index (χ2n) is 7.66. The molecule has 1 heterocycles. The molecular formula is C25H26ClN5O5S. The highest BCUT2D eigenvalue weighted by atomic mass is 35.5. The molecule has 0 aliphatic heterocycles. The van der Waals surface area contributed by atoms with E-state index < -0.39 is 15.9 Å². The number of benzene rings is 2. The summed E-state index contributed by atoms with van der Waals surface area (Å²) < 4.78 is 38.6. The quantitative estimate of drug-likeness (QED) is 0.251. The summed E-state index contributed by atoms with van der Waals surface area (Å²) in [5.41, 5.74) is 1.86. The van der Waals surface area contributed by atoms with Gasteiger partial charge in [-0.15, -0.1) is 0 Å². The largest absolute Gasteiger partial charge is 0.497 e. The summed E-state index contributed by atoms with van der Waals surface area (Å²) >= 11 is 5.86. The van der Waals surface area contributed by atoms with Crippen LogP contribution in [0.5, 0.6) is 11.6 Å². The highest BCUT2D eigenvalue weighted by Crippen LogP contribution is 2.27. The van der Waals surface area contributed by atoms with Crippen LogP contribution >= 0.6 is 11.6 Å². The molecule has 37 heavy (non-hydrogen) atoms. The molecule has 0 aliphatic carbocycles. The van der Waals surface area contributed by atoms with Gasteiger partial charge in [0.25, 0.3) is 10.0 Å². The number of amides is 1. The van der Waals surface area contributed by atoms with E-state index in [1.165, 1.54) is 31.5 Å². The Morgan fingerprint density at radius 2 is 1.76 bits per heavy atom. The summed E-state index contributed by atoms with van der Waals surface area (Å²) in [6, 6.07) is 14.9. The van der Waals surface area contributed by atoms with Gasteiger partial charge in [0.05, 0.1) is 32.5 Å². The van der Waals surface area contributed by atoms with E-state index in [1.54, 1.807) is 25.4 Å². The second kappa shape index (κ2) is 12.7. The van der Waals surface area contributed by atoms with Crippen LogP contribution in [0, 0.1) is 5.41 Å². The van der Waals surface area contributed by atoms with E-state index in [9.17, 15) is 13.2 Å². The molecule has 1 amide bonds. The number of nitrogens with one attached hydrogen (secondary N) is 4. The monoisotopic (exact) mass is 543 g/mol. The van der Waals surface area contributed by atoms with E-state index in [2.05, 4.69) is 20.3 Å². The fraction of sp³-hybridized carbons (Fsp3) is 0.160. The van der Waals surface area contributed by atoms with E-state index >= 15 is 0 Å². The predicted molar refractivity (Wildman–Crippen MR) is 143 cm³/mol. The summed E-state index contributed by atoms with van der Waals surface area (Å²) in [4.78, 5) is 16.3. The minimum Gasteiger partial charge on any atom is -0.497 e. The Labute approximate surface area is 220 Å². The topological polar surface area (TPSA) is 142 Å². The number of carbonyl (C=O) groups is 1. The molecule has 0 saturated carbocycles. The Morgan fingerprint density at radius 3 is 2.38 bits per heavy atom. The summed E-state index contributed by atoms with van der Waals surface area (Å²) in [5, 5.41) is 13.7. The number of sulfonamides is 1. The van der Waals surface area contributed by atoms with Crippen LogP contribution in [-0.2, 0) is 21.4 Å². The molecule has 0 unspecified atom stereocenters. The zero-order chi connectivity index (χ0) is 26.8. The van der Waals surface area contributed by atoms with Crippen LogP contribution in [0.15, 0.2) is 77.5 Å². The third-order valence-electron chi connectivity index (χ3n) is 4.98. The first-order valence-corrected chi connectivity index (χ1v) is 12.8. The molecule has 1 aromatic heterocycles. The fourth-order valence-electron chi connectivity index (χ4n) is 3.15. The minimum absolute atomic E-state index is 0.115. The summed E-state index contributed by atoms with van der Waals surface area (Å²) in [6.07, 6.45) is 3.82. The average Bonchev–Trinajstić information content (AvgIpc) is 2.89. The van der Waals surface area contributed by atoms with Gasteiger partial charge in [0.1, 0.15) is 5.75 Å². The number of pyridine rings is 1. The molecule has 194 valence electrons. The first-order valence-electron chi connectivity index (χ1n) is 10.9. The third-order valence-corrected chi connectivity index (χ3v) is 6.61. The van der Waals surface area contributed by atoms with Gasteiger partial charge in [-0.3, -0.25) is 9.52 Å². The zero-order valence-corrected chi connectivity index (χ0v) is 21.7. The number of anilines is 2. The van der Waals surface area contributed by atoms with E-state index in [0.29, 0.717) is 22.8 Å². The van der Waals surface area contributed by atoms with E-state index in [4.69, 9.17) is 26.5 Å². The number of hydrogen-bond donors (Lipinski definition) is 4. The number of nitrogens with zero attached hydrogens (tertiary/aromatic N) is 1. The maximum atomic E-state index is 13.0. The first-order chi connectivity index (χ1) is 17.7. The molecule has 0 spiro atoms. The second-order valence-corrected chi connectivity index (χ2v) is 9.75. The first kappa shape index (κ1) is 27.5. The summed E-state index contributed by atoms with van der Waals surface area (Å²) in [5.74, 6) is 0.158. The van der Waals surface area contributed by atoms with Gasteiger partial charge in [-0.25, -0.2) is 13.4 Å².